The molecule has 0 aliphatic carbocycles. The summed E-state index contributed by atoms with van der Waals surface area (Å²) in [5, 5.41) is 5.25. The largest absolute Gasteiger partial charge is 0.494 e. The maximum Gasteiger partial charge on any atom is 0.327 e. The molecule has 148 valence electrons. The zero-order valence-electron chi connectivity index (χ0n) is 17.3. The number of rotatable bonds is 3. The van der Waals surface area contributed by atoms with Gasteiger partial charge >= 0.3 is 6.03 Å². The maximum absolute atomic E-state index is 13.5. The molecule has 1 N–H and O–H groups in total. The van der Waals surface area contributed by atoms with Gasteiger partial charge < -0.3 is 10.1 Å². The summed E-state index contributed by atoms with van der Waals surface area (Å²) in [6.07, 6.45) is 2.13. The number of ether oxygens (including phenoxy) is 1. The fourth-order valence-electron chi connectivity index (χ4n) is 4.14. The summed E-state index contributed by atoms with van der Waals surface area (Å²) < 4.78 is 5.67. The molecule has 4 nitrogen and oxygen atoms in total. The van der Waals surface area contributed by atoms with Crippen molar-refractivity contribution in [1.82, 2.24) is 0 Å². The Morgan fingerprint density at radius 3 is 2.62 bits per heavy atom. The van der Waals surface area contributed by atoms with Crippen LogP contribution in [0.2, 0.25) is 0 Å². The lowest BCUT2D eigenvalue weighted by Crippen LogP contribution is -2.50. The summed E-state index contributed by atoms with van der Waals surface area (Å²) in [5.74, 6) is 0.813. The number of carbonyl (C=O) groups excluding carboxylic acids is 1. The summed E-state index contributed by atoms with van der Waals surface area (Å²) in [7, 11) is 0. The molecule has 0 aromatic heterocycles. The molecular formula is C25H26N2O2. The van der Waals surface area contributed by atoms with Gasteiger partial charge in [-0.2, -0.15) is 0 Å². The third kappa shape index (κ3) is 3.46. The van der Waals surface area contributed by atoms with E-state index in [0.717, 1.165) is 39.0 Å². The lowest BCUT2D eigenvalue weighted by molar-refractivity contribution is 0.253. The van der Waals surface area contributed by atoms with Crippen molar-refractivity contribution in [1.29, 1.82) is 0 Å². The zero-order valence-corrected chi connectivity index (χ0v) is 17.3. The molecule has 4 rings (SSSR count). The van der Waals surface area contributed by atoms with Crippen LogP contribution in [0.15, 0.2) is 66.7 Å². The minimum absolute atomic E-state index is 0.152. The van der Waals surface area contributed by atoms with Crippen LogP contribution in [-0.2, 0) is 0 Å². The van der Waals surface area contributed by atoms with Gasteiger partial charge in [0.25, 0.3) is 0 Å². The lowest BCUT2D eigenvalue weighted by atomic mass is 9.89. The number of nitrogens with zero attached hydrogens (tertiary/aromatic N) is 1. The summed E-state index contributed by atoms with van der Waals surface area (Å²) in [6.45, 7) is 8.76. The standard InChI is InChI=1S/C25H26N2O2/c1-5-29-19-13-14-23-21(15-19)17(2)16-25(3,4)27(23)24(28)26-22-12-8-10-18-9-6-7-11-20(18)22/h6-16H,5H2,1-4H3,(H,26,28). The number of carbonyl (C=O) groups is 1. The first-order chi connectivity index (χ1) is 13.9. The third-order valence-electron chi connectivity index (χ3n) is 5.33. The smallest absolute Gasteiger partial charge is 0.327 e. The summed E-state index contributed by atoms with van der Waals surface area (Å²) in [5.41, 5.74) is 3.39. The molecule has 3 aromatic carbocycles. The van der Waals surface area contributed by atoms with E-state index in [1.807, 2.05) is 72.5 Å². The van der Waals surface area contributed by atoms with Gasteiger partial charge in [-0.1, -0.05) is 42.5 Å². The van der Waals surface area contributed by atoms with Crippen LogP contribution in [0.25, 0.3) is 16.3 Å². The van der Waals surface area contributed by atoms with Crippen molar-refractivity contribution >= 4 is 33.8 Å². The average Bonchev–Trinajstić information content (AvgIpc) is 2.68. The van der Waals surface area contributed by atoms with Gasteiger partial charge in [0.05, 0.1) is 23.5 Å². The number of fused-ring (bicyclic) bond motifs is 2. The van der Waals surface area contributed by atoms with Gasteiger partial charge in [0.1, 0.15) is 5.75 Å². The second kappa shape index (κ2) is 7.28. The molecular weight excluding hydrogens is 360 g/mol. The summed E-state index contributed by atoms with van der Waals surface area (Å²) >= 11 is 0. The second-order valence-corrected chi connectivity index (χ2v) is 7.89. The van der Waals surface area contributed by atoms with Gasteiger partial charge in [-0.05, 0) is 62.9 Å². The van der Waals surface area contributed by atoms with Crippen LogP contribution in [0.5, 0.6) is 5.75 Å². The summed E-state index contributed by atoms with van der Waals surface area (Å²) in [4.78, 5) is 15.3. The van der Waals surface area contributed by atoms with Crippen molar-refractivity contribution in [2.75, 3.05) is 16.8 Å². The quantitative estimate of drug-likeness (QED) is 0.560. The predicted octanol–water partition coefficient (Wildman–Crippen LogP) is 6.47. The van der Waals surface area contributed by atoms with Crippen LogP contribution < -0.4 is 15.0 Å². The molecule has 0 radical (unpaired) electrons. The Kier molecular flexibility index (Phi) is 4.79. The van der Waals surface area contributed by atoms with E-state index < -0.39 is 5.54 Å². The van der Waals surface area contributed by atoms with Crippen molar-refractivity contribution in [2.24, 2.45) is 0 Å². The highest BCUT2D eigenvalue weighted by Gasteiger charge is 2.36. The molecule has 1 heterocycles. The van der Waals surface area contributed by atoms with E-state index in [4.69, 9.17) is 4.74 Å². The van der Waals surface area contributed by atoms with Crippen LogP contribution in [-0.4, -0.2) is 18.2 Å². The molecule has 2 amide bonds. The van der Waals surface area contributed by atoms with E-state index in [1.54, 1.807) is 0 Å². The number of hydrogen-bond acceptors (Lipinski definition) is 2. The Bertz CT molecular complexity index is 1110. The van der Waals surface area contributed by atoms with Crippen molar-refractivity contribution in [3.05, 3.63) is 72.3 Å². The van der Waals surface area contributed by atoms with Crippen LogP contribution in [0.1, 0.15) is 33.3 Å². The minimum atomic E-state index is -0.459. The van der Waals surface area contributed by atoms with E-state index in [1.165, 1.54) is 0 Å². The molecule has 3 aromatic rings. The molecule has 29 heavy (non-hydrogen) atoms. The Balaban J connectivity index is 1.74. The maximum atomic E-state index is 13.5. The molecule has 0 saturated heterocycles. The Labute approximate surface area is 171 Å². The Morgan fingerprint density at radius 2 is 1.83 bits per heavy atom. The first-order valence-corrected chi connectivity index (χ1v) is 9.96. The van der Waals surface area contributed by atoms with Crippen molar-refractivity contribution < 1.29 is 9.53 Å². The number of benzene rings is 3. The Morgan fingerprint density at radius 1 is 1.07 bits per heavy atom. The van der Waals surface area contributed by atoms with Gasteiger partial charge in [0.2, 0.25) is 0 Å². The third-order valence-corrected chi connectivity index (χ3v) is 5.33. The highest BCUT2D eigenvalue weighted by molar-refractivity contribution is 6.10. The SMILES string of the molecule is CCOc1ccc2c(c1)C(C)=CC(C)(C)N2C(=O)Nc1cccc2ccccc12. The number of hydrogen-bond donors (Lipinski definition) is 1. The number of allylic oxidation sites excluding steroid dienone is 1. The van der Waals surface area contributed by atoms with E-state index in [-0.39, 0.29) is 6.03 Å². The first kappa shape index (κ1) is 19.1. The normalized spacial score (nSPS) is 14.9. The fourth-order valence-corrected chi connectivity index (χ4v) is 4.14. The fraction of sp³-hybridized carbons (Fsp3) is 0.240. The molecule has 0 bridgehead atoms. The summed E-state index contributed by atoms with van der Waals surface area (Å²) in [6, 6.07) is 19.8. The van der Waals surface area contributed by atoms with Crippen molar-refractivity contribution in [3.63, 3.8) is 0 Å². The number of anilines is 2. The van der Waals surface area contributed by atoms with Gasteiger partial charge in [0, 0.05) is 10.9 Å². The number of urea groups is 1. The van der Waals surface area contributed by atoms with E-state index in [9.17, 15) is 4.79 Å². The molecule has 1 aliphatic rings. The monoisotopic (exact) mass is 386 g/mol. The van der Waals surface area contributed by atoms with Crippen LogP contribution in [0, 0.1) is 0 Å². The Hall–Kier alpha value is -3.27. The lowest BCUT2D eigenvalue weighted by Gasteiger charge is -2.41. The second-order valence-electron chi connectivity index (χ2n) is 7.89. The van der Waals surface area contributed by atoms with Gasteiger partial charge in [-0.15, -0.1) is 0 Å². The van der Waals surface area contributed by atoms with Crippen molar-refractivity contribution in [2.45, 2.75) is 33.2 Å². The molecule has 0 atom stereocenters. The zero-order chi connectivity index (χ0) is 20.6. The van der Waals surface area contributed by atoms with E-state index in [0.29, 0.717) is 6.61 Å². The molecule has 4 heteroatoms. The van der Waals surface area contributed by atoms with Crippen LogP contribution >= 0.6 is 0 Å². The molecule has 0 saturated carbocycles. The minimum Gasteiger partial charge on any atom is -0.494 e. The molecule has 0 unspecified atom stereocenters. The van der Waals surface area contributed by atoms with Gasteiger partial charge in [-0.25, -0.2) is 4.79 Å². The topological polar surface area (TPSA) is 41.6 Å². The average molecular weight is 386 g/mol. The van der Waals surface area contributed by atoms with Gasteiger partial charge in [0.15, 0.2) is 0 Å². The number of amides is 2. The number of nitrogens with one attached hydrogen (secondary N) is 1. The highest BCUT2D eigenvalue weighted by atomic mass is 16.5. The molecule has 0 fully saturated rings. The molecule has 0 spiro atoms. The van der Waals surface area contributed by atoms with Crippen molar-refractivity contribution in [3.8, 4) is 5.75 Å². The van der Waals surface area contributed by atoms with E-state index in [2.05, 4.69) is 32.2 Å². The predicted molar refractivity (Wildman–Crippen MR) is 121 cm³/mol. The highest BCUT2D eigenvalue weighted by Crippen LogP contribution is 2.41. The first-order valence-electron chi connectivity index (χ1n) is 9.96. The van der Waals surface area contributed by atoms with Gasteiger partial charge in [-0.3, -0.25) is 4.90 Å². The van der Waals surface area contributed by atoms with Crippen LogP contribution in [0.4, 0.5) is 16.2 Å². The van der Waals surface area contributed by atoms with E-state index >= 15 is 0 Å². The molecule has 1 aliphatic heterocycles. The van der Waals surface area contributed by atoms with Crippen LogP contribution in [0.3, 0.4) is 0 Å².